The number of anilines is 2. The van der Waals surface area contributed by atoms with Crippen LogP contribution in [0.15, 0.2) is 30.6 Å². The molecule has 3 rings (SSSR count). The minimum atomic E-state index is -0.301. The van der Waals surface area contributed by atoms with Crippen molar-refractivity contribution in [3.8, 4) is 0 Å². The molecule has 1 fully saturated rings. The van der Waals surface area contributed by atoms with Gasteiger partial charge in [-0.05, 0) is 18.2 Å². The number of hydrogen-bond donors (Lipinski definition) is 1. The molecule has 0 bridgehead atoms. The number of hydrogen-bond acceptors (Lipinski definition) is 6. The van der Waals surface area contributed by atoms with Crippen molar-refractivity contribution >= 4 is 11.8 Å². The maximum absolute atomic E-state index is 13.7. The third-order valence-electron chi connectivity index (χ3n) is 3.46. The number of rotatable bonds is 3. The highest BCUT2D eigenvalue weighted by Crippen LogP contribution is 2.18. The summed E-state index contributed by atoms with van der Waals surface area (Å²) >= 11 is 0. The van der Waals surface area contributed by atoms with Crippen LogP contribution in [0.25, 0.3) is 0 Å². The molecule has 0 aliphatic carbocycles. The molecule has 7 heteroatoms. The van der Waals surface area contributed by atoms with Crippen LogP contribution in [0.5, 0.6) is 0 Å². The van der Waals surface area contributed by atoms with Crippen LogP contribution in [0.4, 0.5) is 16.2 Å². The van der Waals surface area contributed by atoms with Crippen molar-refractivity contribution in [1.29, 1.82) is 0 Å². The quantitative estimate of drug-likeness (QED) is 0.903. The molecule has 0 aromatic carbocycles. The van der Waals surface area contributed by atoms with Crippen LogP contribution < -0.4 is 9.80 Å². The van der Waals surface area contributed by atoms with Crippen LogP contribution >= 0.6 is 0 Å². The number of aliphatic hydroxyl groups excluding tert-OH is 1. The molecule has 1 N–H and O–H groups in total. The highest BCUT2D eigenvalue weighted by atomic mass is 19.1. The molecule has 0 atom stereocenters. The average molecular weight is 289 g/mol. The van der Waals surface area contributed by atoms with Crippen LogP contribution in [0.1, 0.15) is 5.69 Å². The number of piperazine rings is 1. The zero-order valence-electron chi connectivity index (χ0n) is 11.5. The Balaban J connectivity index is 1.69. The lowest BCUT2D eigenvalue weighted by Gasteiger charge is -2.35. The van der Waals surface area contributed by atoms with Gasteiger partial charge in [-0.3, -0.25) is 0 Å². The second kappa shape index (κ2) is 6.01. The summed E-state index contributed by atoms with van der Waals surface area (Å²) < 4.78 is 13.7. The number of aliphatic hydroxyl groups is 1. The maximum Gasteiger partial charge on any atom is 0.225 e. The third kappa shape index (κ3) is 2.92. The summed E-state index contributed by atoms with van der Waals surface area (Å²) in [6.45, 7) is 2.58. The molecule has 2 aromatic heterocycles. The van der Waals surface area contributed by atoms with E-state index in [0.717, 1.165) is 0 Å². The van der Waals surface area contributed by atoms with Gasteiger partial charge in [-0.2, -0.15) is 0 Å². The van der Waals surface area contributed by atoms with E-state index in [9.17, 15) is 4.39 Å². The molecule has 0 amide bonds. The predicted molar refractivity (Wildman–Crippen MR) is 76.6 cm³/mol. The average Bonchev–Trinajstić information content (AvgIpc) is 2.56. The van der Waals surface area contributed by atoms with Crippen molar-refractivity contribution in [2.75, 3.05) is 36.0 Å². The van der Waals surface area contributed by atoms with Gasteiger partial charge in [0.25, 0.3) is 0 Å². The van der Waals surface area contributed by atoms with Crippen molar-refractivity contribution in [3.63, 3.8) is 0 Å². The summed E-state index contributed by atoms with van der Waals surface area (Å²) in [4.78, 5) is 16.5. The molecule has 2 aromatic rings. The second-order valence-electron chi connectivity index (χ2n) is 4.79. The number of nitrogens with zero attached hydrogens (tertiary/aromatic N) is 5. The standard InChI is InChI=1S/C14H16FN5O/c15-12-2-1-4-16-13(12)19-6-8-20(9-7-19)14-17-5-3-11(10-21)18-14/h1-5,21H,6-10H2. The Labute approximate surface area is 121 Å². The zero-order valence-corrected chi connectivity index (χ0v) is 11.5. The minimum absolute atomic E-state index is 0.103. The van der Waals surface area contributed by atoms with Crippen molar-refractivity contribution in [1.82, 2.24) is 15.0 Å². The zero-order chi connectivity index (χ0) is 14.7. The smallest absolute Gasteiger partial charge is 0.225 e. The van der Waals surface area contributed by atoms with Gasteiger partial charge < -0.3 is 14.9 Å². The van der Waals surface area contributed by atoms with E-state index in [2.05, 4.69) is 15.0 Å². The first-order chi connectivity index (χ1) is 10.3. The predicted octanol–water partition coefficient (Wildman–Crippen LogP) is 0.830. The molecule has 0 saturated carbocycles. The first-order valence-corrected chi connectivity index (χ1v) is 6.81. The molecule has 1 saturated heterocycles. The SMILES string of the molecule is OCc1ccnc(N2CCN(c3ncccc3F)CC2)n1. The fourth-order valence-corrected chi connectivity index (χ4v) is 2.35. The van der Waals surface area contributed by atoms with Gasteiger partial charge in [0.2, 0.25) is 5.95 Å². The van der Waals surface area contributed by atoms with Crippen molar-refractivity contribution in [3.05, 3.63) is 42.1 Å². The summed E-state index contributed by atoms with van der Waals surface area (Å²) in [7, 11) is 0. The molecular formula is C14H16FN5O. The monoisotopic (exact) mass is 289 g/mol. The number of pyridine rings is 1. The van der Waals surface area contributed by atoms with Crippen molar-refractivity contribution in [2.24, 2.45) is 0 Å². The Hall–Kier alpha value is -2.28. The first kappa shape index (κ1) is 13.7. The fourth-order valence-electron chi connectivity index (χ4n) is 2.35. The lowest BCUT2D eigenvalue weighted by molar-refractivity contribution is 0.276. The van der Waals surface area contributed by atoms with Crippen LogP contribution in [0.2, 0.25) is 0 Å². The summed E-state index contributed by atoms with van der Waals surface area (Å²) in [5.74, 6) is 0.689. The molecule has 110 valence electrons. The third-order valence-corrected chi connectivity index (χ3v) is 3.46. The van der Waals surface area contributed by atoms with E-state index < -0.39 is 0 Å². The normalized spacial score (nSPS) is 15.3. The van der Waals surface area contributed by atoms with E-state index in [-0.39, 0.29) is 12.4 Å². The van der Waals surface area contributed by atoms with Gasteiger partial charge in [0, 0.05) is 38.6 Å². The minimum Gasteiger partial charge on any atom is -0.390 e. The Morgan fingerprint density at radius 3 is 2.52 bits per heavy atom. The van der Waals surface area contributed by atoms with E-state index in [1.165, 1.54) is 6.07 Å². The summed E-state index contributed by atoms with van der Waals surface area (Å²) in [6, 6.07) is 4.69. The first-order valence-electron chi connectivity index (χ1n) is 6.81. The molecular weight excluding hydrogens is 273 g/mol. The molecule has 21 heavy (non-hydrogen) atoms. The Kier molecular flexibility index (Phi) is 3.92. The van der Waals surface area contributed by atoms with Crippen molar-refractivity contribution in [2.45, 2.75) is 6.61 Å². The molecule has 3 heterocycles. The van der Waals surface area contributed by atoms with Gasteiger partial charge in [-0.1, -0.05) is 0 Å². The van der Waals surface area contributed by atoms with Gasteiger partial charge >= 0.3 is 0 Å². The highest BCUT2D eigenvalue weighted by molar-refractivity contribution is 5.43. The lowest BCUT2D eigenvalue weighted by Crippen LogP contribution is -2.47. The summed E-state index contributed by atoms with van der Waals surface area (Å²) in [5, 5.41) is 9.11. The second-order valence-corrected chi connectivity index (χ2v) is 4.79. The maximum atomic E-state index is 13.7. The largest absolute Gasteiger partial charge is 0.390 e. The van der Waals surface area contributed by atoms with Crippen molar-refractivity contribution < 1.29 is 9.50 Å². The molecule has 1 aliphatic rings. The van der Waals surface area contributed by atoms with Crippen LogP contribution in [-0.4, -0.2) is 46.2 Å². The molecule has 6 nitrogen and oxygen atoms in total. The van der Waals surface area contributed by atoms with Gasteiger partial charge in [0.05, 0.1) is 12.3 Å². The van der Waals surface area contributed by atoms with Gasteiger partial charge in [0.15, 0.2) is 11.6 Å². The van der Waals surface area contributed by atoms with E-state index in [0.29, 0.717) is 43.6 Å². The Morgan fingerprint density at radius 1 is 1.05 bits per heavy atom. The molecule has 0 radical (unpaired) electrons. The van der Waals surface area contributed by atoms with Crippen LogP contribution in [0.3, 0.4) is 0 Å². The Morgan fingerprint density at radius 2 is 1.81 bits per heavy atom. The summed E-state index contributed by atoms with van der Waals surface area (Å²) in [5.41, 5.74) is 0.596. The molecule has 0 spiro atoms. The highest BCUT2D eigenvalue weighted by Gasteiger charge is 2.21. The van der Waals surface area contributed by atoms with E-state index in [1.807, 2.05) is 9.80 Å². The lowest BCUT2D eigenvalue weighted by atomic mass is 10.3. The summed E-state index contributed by atoms with van der Waals surface area (Å²) in [6.07, 6.45) is 3.23. The van der Waals surface area contributed by atoms with Crippen LogP contribution in [-0.2, 0) is 6.61 Å². The number of aromatic nitrogens is 3. The van der Waals surface area contributed by atoms with E-state index in [1.54, 1.807) is 24.5 Å². The van der Waals surface area contributed by atoms with E-state index in [4.69, 9.17) is 5.11 Å². The molecule has 1 aliphatic heterocycles. The van der Waals surface area contributed by atoms with Crippen LogP contribution in [0, 0.1) is 5.82 Å². The number of halogens is 1. The molecule has 0 unspecified atom stereocenters. The van der Waals surface area contributed by atoms with Gasteiger partial charge in [-0.25, -0.2) is 19.3 Å². The topological polar surface area (TPSA) is 65.4 Å². The van der Waals surface area contributed by atoms with E-state index >= 15 is 0 Å². The van der Waals surface area contributed by atoms with Gasteiger partial charge in [-0.15, -0.1) is 0 Å². The Bertz CT molecular complexity index is 616. The fraction of sp³-hybridized carbons (Fsp3) is 0.357. The van der Waals surface area contributed by atoms with Gasteiger partial charge in [0.1, 0.15) is 0 Å².